The third-order valence-electron chi connectivity index (χ3n) is 2.42. The van der Waals surface area contributed by atoms with E-state index >= 15 is 0 Å². The Morgan fingerprint density at radius 1 is 1.27 bits per heavy atom. The standard InChI is InChI=1S/C7H13NO2S/c9-11(10,5-6-1-2-6)7-3-8-4-7/h6-8H,1-5H2. The van der Waals surface area contributed by atoms with Crippen molar-refractivity contribution in [1.29, 1.82) is 0 Å². The molecule has 0 aromatic heterocycles. The van der Waals surface area contributed by atoms with E-state index in [1.54, 1.807) is 0 Å². The molecule has 2 aliphatic rings. The molecule has 0 bridgehead atoms. The minimum Gasteiger partial charge on any atom is -0.314 e. The van der Waals surface area contributed by atoms with Crippen LogP contribution in [-0.4, -0.2) is 32.5 Å². The van der Waals surface area contributed by atoms with Gasteiger partial charge in [-0.25, -0.2) is 8.42 Å². The van der Waals surface area contributed by atoms with Crippen LogP contribution in [0.25, 0.3) is 0 Å². The van der Waals surface area contributed by atoms with Gasteiger partial charge in [-0.3, -0.25) is 0 Å². The monoisotopic (exact) mass is 175 g/mol. The number of hydrogen-bond acceptors (Lipinski definition) is 3. The molecule has 4 heteroatoms. The highest BCUT2D eigenvalue weighted by atomic mass is 32.2. The predicted octanol–water partition coefficient (Wildman–Crippen LogP) is -0.217. The second-order valence-electron chi connectivity index (χ2n) is 3.55. The van der Waals surface area contributed by atoms with Gasteiger partial charge in [0.25, 0.3) is 0 Å². The molecule has 1 aliphatic heterocycles. The second-order valence-corrected chi connectivity index (χ2v) is 5.88. The molecule has 1 saturated heterocycles. The molecule has 0 radical (unpaired) electrons. The van der Waals surface area contributed by atoms with E-state index < -0.39 is 9.84 Å². The predicted molar refractivity (Wildman–Crippen MR) is 43.2 cm³/mol. The van der Waals surface area contributed by atoms with Gasteiger partial charge in [0.05, 0.1) is 11.0 Å². The summed E-state index contributed by atoms with van der Waals surface area (Å²) in [6.07, 6.45) is 2.25. The maximum Gasteiger partial charge on any atom is 0.155 e. The Labute approximate surface area is 67.1 Å². The molecule has 1 N–H and O–H groups in total. The summed E-state index contributed by atoms with van der Waals surface area (Å²) in [5.74, 6) is 0.944. The number of sulfone groups is 1. The smallest absolute Gasteiger partial charge is 0.155 e. The van der Waals surface area contributed by atoms with Crippen molar-refractivity contribution in [2.45, 2.75) is 18.1 Å². The minimum absolute atomic E-state index is 0.0666. The van der Waals surface area contributed by atoms with Crippen LogP contribution in [0.2, 0.25) is 0 Å². The summed E-state index contributed by atoms with van der Waals surface area (Å²) in [5.41, 5.74) is 0. The van der Waals surface area contributed by atoms with E-state index in [0.29, 0.717) is 24.8 Å². The number of nitrogens with one attached hydrogen (secondary N) is 1. The maximum absolute atomic E-state index is 11.4. The fourth-order valence-electron chi connectivity index (χ4n) is 1.27. The van der Waals surface area contributed by atoms with Gasteiger partial charge in [-0.2, -0.15) is 0 Å². The normalized spacial score (nSPS) is 26.5. The van der Waals surface area contributed by atoms with Crippen molar-refractivity contribution in [3.63, 3.8) is 0 Å². The Morgan fingerprint density at radius 2 is 1.91 bits per heavy atom. The lowest BCUT2D eigenvalue weighted by Gasteiger charge is -2.26. The Bertz CT molecular complexity index is 239. The number of hydrogen-bond donors (Lipinski definition) is 1. The van der Waals surface area contributed by atoms with Gasteiger partial charge >= 0.3 is 0 Å². The van der Waals surface area contributed by atoms with Crippen LogP contribution in [0.4, 0.5) is 0 Å². The lowest BCUT2D eigenvalue weighted by Crippen LogP contribution is -2.52. The fraction of sp³-hybridized carbons (Fsp3) is 1.00. The zero-order valence-corrected chi connectivity index (χ0v) is 7.23. The average molecular weight is 175 g/mol. The Morgan fingerprint density at radius 3 is 2.27 bits per heavy atom. The summed E-state index contributed by atoms with van der Waals surface area (Å²) in [6, 6.07) is 0. The van der Waals surface area contributed by atoms with Crippen LogP contribution in [-0.2, 0) is 9.84 Å². The highest BCUT2D eigenvalue weighted by Crippen LogP contribution is 2.31. The van der Waals surface area contributed by atoms with Gasteiger partial charge in [-0.15, -0.1) is 0 Å². The van der Waals surface area contributed by atoms with E-state index in [2.05, 4.69) is 5.32 Å². The van der Waals surface area contributed by atoms with E-state index in [1.165, 1.54) is 0 Å². The molecule has 0 unspecified atom stereocenters. The third-order valence-corrected chi connectivity index (χ3v) is 4.70. The van der Waals surface area contributed by atoms with Gasteiger partial charge < -0.3 is 5.32 Å². The Hall–Kier alpha value is -0.0900. The van der Waals surface area contributed by atoms with Crippen molar-refractivity contribution in [3.8, 4) is 0 Å². The zero-order chi connectivity index (χ0) is 7.90. The molecule has 0 aromatic carbocycles. The van der Waals surface area contributed by atoms with Crippen molar-refractivity contribution in [2.24, 2.45) is 5.92 Å². The van der Waals surface area contributed by atoms with Crippen molar-refractivity contribution in [2.75, 3.05) is 18.8 Å². The first kappa shape index (κ1) is 7.55. The lowest BCUT2D eigenvalue weighted by atomic mass is 10.3. The van der Waals surface area contributed by atoms with Crippen LogP contribution in [0.3, 0.4) is 0 Å². The molecule has 0 atom stereocenters. The first-order chi connectivity index (χ1) is 5.18. The SMILES string of the molecule is O=S(=O)(CC1CC1)C1CNC1. The van der Waals surface area contributed by atoms with Crippen LogP contribution in [0, 0.1) is 5.92 Å². The molecule has 1 aliphatic carbocycles. The van der Waals surface area contributed by atoms with Gasteiger partial charge in [0.15, 0.2) is 9.84 Å². The summed E-state index contributed by atoms with van der Waals surface area (Å²) in [5, 5.41) is 2.92. The maximum atomic E-state index is 11.4. The van der Waals surface area contributed by atoms with Crippen LogP contribution < -0.4 is 5.32 Å². The van der Waals surface area contributed by atoms with Gasteiger partial charge in [0, 0.05) is 13.1 Å². The third kappa shape index (κ3) is 1.56. The van der Waals surface area contributed by atoms with Crippen LogP contribution in [0.1, 0.15) is 12.8 Å². The molecular formula is C7H13NO2S. The van der Waals surface area contributed by atoms with E-state index in [4.69, 9.17) is 0 Å². The molecule has 64 valence electrons. The number of rotatable bonds is 3. The summed E-state index contributed by atoms with van der Waals surface area (Å²) < 4.78 is 22.8. The van der Waals surface area contributed by atoms with Crippen molar-refractivity contribution < 1.29 is 8.42 Å². The van der Waals surface area contributed by atoms with E-state index in [-0.39, 0.29) is 5.25 Å². The quantitative estimate of drug-likeness (QED) is 0.645. The summed E-state index contributed by atoms with van der Waals surface area (Å²) in [4.78, 5) is 0. The molecule has 0 spiro atoms. The fourth-order valence-corrected chi connectivity index (χ4v) is 3.27. The summed E-state index contributed by atoms with van der Waals surface area (Å²) in [7, 11) is -2.72. The zero-order valence-electron chi connectivity index (χ0n) is 6.41. The van der Waals surface area contributed by atoms with Gasteiger partial charge in [0.2, 0.25) is 0 Å². The van der Waals surface area contributed by atoms with Crippen molar-refractivity contribution >= 4 is 9.84 Å². The van der Waals surface area contributed by atoms with Crippen LogP contribution >= 0.6 is 0 Å². The molecule has 2 fully saturated rings. The molecule has 0 aromatic rings. The highest BCUT2D eigenvalue weighted by molar-refractivity contribution is 7.92. The Kier molecular flexibility index (Phi) is 1.68. The second kappa shape index (κ2) is 2.45. The largest absolute Gasteiger partial charge is 0.314 e. The molecule has 11 heavy (non-hydrogen) atoms. The summed E-state index contributed by atoms with van der Waals surface area (Å²) in [6.45, 7) is 1.35. The average Bonchev–Trinajstić information content (AvgIpc) is 2.40. The molecule has 3 nitrogen and oxygen atoms in total. The first-order valence-corrected chi connectivity index (χ1v) is 5.82. The summed E-state index contributed by atoms with van der Waals surface area (Å²) >= 11 is 0. The van der Waals surface area contributed by atoms with Gasteiger partial charge in [-0.05, 0) is 18.8 Å². The Balaban J connectivity index is 1.95. The molecule has 0 amide bonds. The molecule has 1 saturated carbocycles. The van der Waals surface area contributed by atoms with E-state index in [9.17, 15) is 8.42 Å². The van der Waals surface area contributed by atoms with Crippen LogP contribution in [0.15, 0.2) is 0 Å². The first-order valence-electron chi connectivity index (χ1n) is 4.11. The van der Waals surface area contributed by atoms with E-state index in [0.717, 1.165) is 12.8 Å². The van der Waals surface area contributed by atoms with Crippen molar-refractivity contribution in [1.82, 2.24) is 5.32 Å². The van der Waals surface area contributed by atoms with Crippen LogP contribution in [0.5, 0.6) is 0 Å². The highest BCUT2D eigenvalue weighted by Gasteiger charge is 2.36. The van der Waals surface area contributed by atoms with Gasteiger partial charge in [-0.1, -0.05) is 0 Å². The van der Waals surface area contributed by atoms with Gasteiger partial charge in [0.1, 0.15) is 0 Å². The topological polar surface area (TPSA) is 46.2 Å². The van der Waals surface area contributed by atoms with E-state index in [1.807, 2.05) is 0 Å². The molecular weight excluding hydrogens is 162 g/mol. The van der Waals surface area contributed by atoms with Crippen molar-refractivity contribution in [3.05, 3.63) is 0 Å². The lowest BCUT2D eigenvalue weighted by molar-refractivity contribution is 0.493. The molecule has 2 rings (SSSR count). The minimum atomic E-state index is -2.72. The molecule has 1 heterocycles.